The highest BCUT2D eigenvalue weighted by atomic mass is 35.5. The van der Waals surface area contributed by atoms with E-state index < -0.39 is 5.97 Å². The number of rotatable bonds is 3. The Labute approximate surface area is 128 Å². The summed E-state index contributed by atoms with van der Waals surface area (Å²) < 4.78 is 6.48. The third kappa shape index (κ3) is 2.96. The van der Waals surface area contributed by atoms with Crippen molar-refractivity contribution in [3.8, 4) is 0 Å². The van der Waals surface area contributed by atoms with Gasteiger partial charge in [0, 0.05) is 12.3 Å². The van der Waals surface area contributed by atoms with E-state index in [1.54, 1.807) is 29.6 Å². The second kappa shape index (κ2) is 5.67. The number of esters is 1. The Bertz CT molecular complexity index is 858. The number of carbonyl (C=O) groups is 1. The molecule has 0 aliphatic rings. The van der Waals surface area contributed by atoms with Crippen molar-refractivity contribution < 1.29 is 9.53 Å². The van der Waals surface area contributed by atoms with Gasteiger partial charge in [-0.3, -0.25) is 9.20 Å². The molecule has 0 amide bonds. The number of thiophene rings is 1. The van der Waals surface area contributed by atoms with Crippen LogP contribution in [0.2, 0.25) is 5.02 Å². The summed E-state index contributed by atoms with van der Waals surface area (Å²) in [5, 5.41) is 2.24. The van der Waals surface area contributed by atoms with Crippen molar-refractivity contribution in [1.29, 1.82) is 0 Å². The zero-order valence-corrected chi connectivity index (χ0v) is 12.2. The Morgan fingerprint density at radius 1 is 1.38 bits per heavy atom. The van der Waals surface area contributed by atoms with E-state index in [4.69, 9.17) is 16.3 Å². The van der Waals surface area contributed by atoms with Crippen molar-refractivity contribution >= 4 is 34.6 Å². The van der Waals surface area contributed by atoms with Crippen LogP contribution >= 0.6 is 22.9 Å². The summed E-state index contributed by atoms with van der Waals surface area (Å²) >= 11 is 7.13. The van der Waals surface area contributed by atoms with Crippen LogP contribution in [0.4, 0.5) is 0 Å². The molecule has 3 heterocycles. The molecule has 7 heteroatoms. The van der Waals surface area contributed by atoms with Gasteiger partial charge < -0.3 is 4.74 Å². The first-order valence-corrected chi connectivity index (χ1v) is 7.28. The largest absolute Gasteiger partial charge is 0.455 e. The van der Waals surface area contributed by atoms with E-state index in [1.807, 2.05) is 0 Å². The molecule has 0 atom stereocenters. The molecule has 0 saturated carbocycles. The van der Waals surface area contributed by atoms with Crippen LogP contribution in [-0.4, -0.2) is 15.4 Å². The molecule has 3 aromatic rings. The van der Waals surface area contributed by atoms with E-state index >= 15 is 0 Å². The standard InChI is InChI=1S/C14H9ClN2O3S/c15-9-3-4-12-16-10(6-13(18)17(12)7-9)8-20-14(19)11-2-1-5-21-11/h1-7H,8H2. The first-order valence-electron chi connectivity index (χ1n) is 6.02. The monoisotopic (exact) mass is 320 g/mol. The lowest BCUT2D eigenvalue weighted by molar-refractivity contribution is 0.0473. The van der Waals surface area contributed by atoms with Crippen LogP contribution in [0.1, 0.15) is 15.4 Å². The normalized spacial score (nSPS) is 10.7. The second-order valence-corrected chi connectivity index (χ2v) is 5.60. The fourth-order valence-corrected chi connectivity index (χ4v) is 2.58. The Morgan fingerprint density at radius 3 is 3.00 bits per heavy atom. The van der Waals surface area contributed by atoms with Crippen molar-refractivity contribution in [2.45, 2.75) is 6.61 Å². The topological polar surface area (TPSA) is 60.7 Å². The van der Waals surface area contributed by atoms with Gasteiger partial charge in [0.15, 0.2) is 0 Å². The highest BCUT2D eigenvalue weighted by molar-refractivity contribution is 7.11. The Balaban J connectivity index is 1.83. The summed E-state index contributed by atoms with van der Waals surface area (Å²) in [6.45, 7) is -0.0505. The van der Waals surface area contributed by atoms with Gasteiger partial charge in [-0.15, -0.1) is 11.3 Å². The number of carbonyl (C=O) groups excluding carboxylic acids is 1. The second-order valence-electron chi connectivity index (χ2n) is 4.21. The molecule has 5 nitrogen and oxygen atoms in total. The Kier molecular flexibility index (Phi) is 3.72. The number of hydrogen-bond donors (Lipinski definition) is 0. The molecule has 0 spiro atoms. The summed E-state index contributed by atoms with van der Waals surface area (Å²) in [4.78, 5) is 28.5. The van der Waals surface area contributed by atoms with Crippen molar-refractivity contribution in [1.82, 2.24) is 9.38 Å². The van der Waals surface area contributed by atoms with Gasteiger partial charge in [-0.2, -0.15) is 0 Å². The molecule has 0 aliphatic carbocycles. The lowest BCUT2D eigenvalue weighted by Crippen LogP contribution is -2.16. The molecular formula is C14H9ClN2O3S. The number of aromatic nitrogens is 2. The Morgan fingerprint density at radius 2 is 2.24 bits per heavy atom. The van der Waals surface area contributed by atoms with E-state index in [-0.39, 0.29) is 12.2 Å². The van der Waals surface area contributed by atoms with Crippen LogP contribution in [0.3, 0.4) is 0 Å². The molecule has 3 rings (SSSR count). The molecule has 0 saturated heterocycles. The number of nitrogens with zero attached hydrogens (tertiary/aromatic N) is 2. The number of fused-ring (bicyclic) bond motifs is 1. The van der Waals surface area contributed by atoms with E-state index in [1.165, 1.54) is 28.0 Å². The maximum absolute atomic E-state index is 12.0. The van der Waals surface area contributed by atoms with Crippen LogP contribution in [-0.2, 0) is 11.3 Å². The molecule has 0 bridgehead atoms. The average Bonchev–Trinajstić information content (AvgIpc) is 3.00. The molecule has 106 valence electrons. The quantitative estimate of drug-likeness (QED) is 0.696. The highest BCUT2D eigenvalue weighted by Crippen LogP contribution is 2.12. The number of halogens is 1. The number of hydrogen-bond acceptors (Lipinski definition) is 5. The maximum Gasteiger partial charge on any atom is 0.348 e. The minimum Gasteiger partial charge on any atom is -0.455 e. The number of pyridine rings is 1. The zero-order valence-electron chi connectivity index (χ0n) is 10.7. The van der Waals surface area contributed by atoms with Gasteiger partial charge in [-0.1, -0.05) is 17.7 Å². The Hall–Kier alpha value is -2.18. The van der Waals surface area contributed by atoms with Gasteiger partial charge >= 0.3 is 5.97 Å². The van der Waals surface area contributed by atoms with Gasteiger partial charge in [-0.05, 0) is 23.6 Å². The molecule has 3 aromatic heterocycles. The maximum atomic E-state index is 12.0. The highest BCUT2D eigenvalue weighted by Gasteiger charge is 2.10. The van der Waals surface area contributed by atoms with Crippen LogP contribution in [0.5, 0.6) is 0 Å². The minimum atomic E-state index is -0.428. The number of ether oxygens (including phenoxy) is 1. The van der Waals surface area contributed by atoms with Crippen LogP contribution < -0.4 is 5.56 Å². The lowest BCUT2D eigenvalue weighted by atomic mass is 10.4. The third-order valence-electron chi connectivity index (χ3n) is 2.75. The smallest absolute Gasteiger partial charge is 0.348 e. The van der Waals surface area contributed by atoms with E-state index in [0.717, 1.165) is 0 Å². The fraction of sp³-hybridized carbons (Fsp3) is 0.0714. The summed E-state index contributed by atoms with van der Waals surface area (Å²) in [6, 6.07) is 8.05. The molecule has 0 radical (unpaired) electrons. The van der Waals surface area contributed by atoms with Gasteiger partial charge in [0.25, 0.3) is 5.56 Å². The first-order chi connectivity index (χ1) is 10.1. The van der Waals surface area contributed by atoms with Crippen LogP contribution in [0.25, 0.3) is 5.65 Å². The summed E-state index contributed by atoms with van der Waals surface area (Å²) in [5.41, 5.74) is 0.575. The molecule has 0 unspecified atom stereocenters. The van der Waals surface area contributed by atoms with Gasteiger partial charge in [0.05, 0.1) is 10.7 Å². The first kappa shape index (κ1) is 13.8. The van der Waals surface area contributed by atoms with E-state index in [0.29, 0.717) is 21.2 Å². The zero-order chi connectivity index (χ0) is 14.8. The SMILES string of the molecule is O=C(OCc1cc(=O)n2cc(Cl)ccc2n1)c1cccs1. The van der Waals surface area contributed by atoms with Crippen molar-refractivity contribution in [2.75, 3.05) is 0 Å². The van der Waals surface area contributed by atoms with Crippen molar-refractivity contribution in [3.63, 3.8) is 0 Å². The molecule has 0 N–H and O–H groups in total. The van der Waals surface area contributed by atoms with Gasteiger partial charge in [-0.25, -0.2) is 9.78 Å². The summed E-state index contributed by atoms with van der Waals surface area (Å²) in [7, 11) is 0. The average molecular weight is 321 g/mol. The van der Waals surface area contributed by atoms with E-state index in [2.05, 4.69) is 4.98 Å². The van der Waals surface area contributed by atoms with Crippen molar-refractivity contribution in [2.24, 2.45) is 0 Å². The molecular weight excluding hydrogens is 312 g/mol. The van der Waals surface area contributed by atoms with E-state index in [9.17, 15) is 9.59 Å². The molecule has 0 aliphatic heterocycles. The van der Waals surface area contributed by atoms with Crippen LogP contribution in [0.15, 0.2) is 46.7 Å². The lowest BCUT2D eigenvalue weighted by Gasteiger charge is -2.05. The predicted molar refractivity (Wildman–Crippen MR) is 79.9 cm³/mol. The van der Waals surface area contributed by atoms with Crippen LogP contribution in [0, 0.1) is 0 Å². The van der Waals surface area contributed by atoms with Gasteiger partial charge in [0.2, 0.25) is 0 Å². The summed E-state index contributed by atoms with van der Waals surface area (Å²) in [5.74, 6) is -0.428. The molecule has 21 heavy (non-hydrogen) atoms. The third-order valence-corrected chi connectivity index (χ3v) is 3.82. The minimum absolute atomic E-state index is 0.0505. The predicted octanol–water partition coefficient (Wildman–Crippen LogP) is 2.77. The molecule has 0 aromatic carbocycles. The van der Waals surface area contributed by atoms with Gasteiger partial charge in [0.1, 0.15) is 17.1 Å². The van der Waals surface area contributed by atoms with Crippen molar-refractivity contribution in [3.05, 3.63) is 67.9 Å². The molecule has 0 fully saturated rings. The summed E-state index contributed by atoms with van der Waals surface area (Å²) in [6.07, 6.45) is 1.49. The fourth-order valence-electron chi connectivity index (χ4n) is 1.81.